The Labute approximate surface area is 222 Å². The summed E-state index contributed by atoms with van der Waals surface area (Å²) in [4.78, 5) is 29.2. The predicted molar refractivity (Wildman–Crippen MR) is 140 cm³/mol. The first kappa shape index (κ1) is 27.7. The van der Waals surface area contributed by atoms with Crippen LogP contribution < -0.4 is 25.8 Å². The predicted octanol–water partition coefficient (Wildman–Crippen LogP) is 2.83. The third kappa shape index (κ3) is 7.39. The van der Waals surface area contributed by atoms with Gasteiger partial charge in [-0.1, -0.05) is 0 Å². The van der Waals surface area contributed by atoms with Gasteiger partial charge in [-0.25, -0.2) is 15.8 Å². The molecule has 0 radical (unpaired) electrons. The number of nitrogens with one attached hydrogen (secondary N) is 2. The van der Waals surface area contributed by atoms with E-state index >= 15 is 0 Å². The molecule has 0 atom stereocenters. The van der Waals surface area contributed by atoms with Crippen LogP contribution in [0.1, 0.15) is 21.6 Å². The number of carbonyl (C=O) groups is 1. The van der Waals surface area contributed by atoms with E-state index in [-0.39, 0.29) is 23.5 Å². The summed E-state index contributed by atoms with van der Waals surface area (Å²) in [5, 5.41) is 12.2. The molecule has 0 unspecified atom stereocenters. The number of pyridine rings is 1. The molecule has 0 saturated carbocycles. The average Bonchev–Trinajstić information content (AvgIpc) is 2.88. The van der Waals surface area contributed by atoms with E-state index in [9.17, 15) is 18.0 Å². The summed E-state index contributed by atoms with van der Waals surface area (Å²) >= 11 is 0. The summed E-state index contributed by atoms with van der Waals surface area (Å²) < 4.78 is 43.2. The third-order valence-electron chi connectivity index (χ3n) is 6.12. The average molecular weight is 544 g/mol. The Kier molecular flexibility index (Phi) is 8.26. The van der Waals surface area contributed by atoms with Crippen molar-refractivity contribution >= 4 is 28.7 Å². The molecule has 0 aliphatic carbocycles. The number of nitrogens with two attached hydrogens (primary N) is 1. The Morgan fingerprint density at radius 3 is 2.46 bits per heavy atom. The molecule has 3 aromatic rings. The highest BCUT2D eigenvalue weighted by molar-refractivity contribution is 6.05. The molecule has 0 bridgehead atoms. The normalized spacial score (nSPS) is 14.2. The zero-order valence-electron chi connectivity index (χ0n) is 21.4. The van der Waals surface area contributed by atoms with Gasteiger partial charge in [-0.2, -0.15) is 0 Å². The second-order valence-corrected chi connectivity index (χ2v) is 9.07. The molecule has 4 rings (SSSR count). The number of carbonyl (C=O) groups excluding carboxylic acids is 1. The van der Waals surface area contributed by atoms with Crippen molar-refractivity contribution in [1.82, 2.24) is 19.9 Å². The van der Waals surface area contributed by atoms with Crippen LogP contribution in [0.15, 0.2) is 49.2 Å². The van der Waals surface area contributed by atoms with Crippen molar-refractivity contribution in [2.75, 3.05) is 55.0 Å². The Morgan fingerprint density at radius 2 is 1.79 bits per heavy atom. The van der Waals surface area contributed by atoms with Gasteiger partial charge in [-0.15, -0.1) is 13.2 Å². The van der Waals surface area contributed by atoms with Crippen molar-refractivity contribution in [3.63, 3.8) is 0 Å². The summed E-state index contributed by atoms with van der Waals surface area (Å²) in [6.45, 7) is 4.41. The lowest BCUT2D eigenvalue weighted by Gasteiger charge is -2.34. The van der Waals surface area contributed by atoms with Crippen LogP contribution in [0.2, 0.25) is 0 Å². The number of nitrogens with zero attached hydrogens (tertiary/aromatic N) is 6. The van der Waals surface area contributed by atoms with Crippen LogP contribution in [0.3, 0.4) is 0 Å². The van der Waals surface area contributed by atoms with E-state index in [1.54, 1.807) is 13.0 Å². The molecule has 1 aliphatic heterocycles. The lowest BCUT2D eigenvalue weighted by molar-refractivity contribution is -0.274. The fourth-order valence-corrected chi connectivity index (χ4v) is 4.04. The van der Waals surface area contributed by atoms with Gasteiger partial charge in [0.05, 0.1) is 29.2 Å². The summed E-state index contributed by atoms with van der Waals surface area (Å²) in [6, 6.07) is 5.53. The highest BCUT2D eigenvalue weighted by atomic mass is 19.4. The monoisotopic (exact) mass is 543 g/mol. The molecule has 1 fully saturated rings. The fraction of sp³-hybridized carbons (Fsp3) is 0.320. The number of benzene rings is 1. The van der Waals surface area contributed by atoms with E-state index < -0.39 is 18.0 Å². The molecule has 1 aromatic carbocycles. The SMILES string of the molecule is Cc1ncc(C(=O)Nc2cc(OC(F)(F)F)cc(N3CCN(C)CC3)c2)cc1N(N)CC(=N)c1cncnc1. The maximum Gasteiger partial charge on any atom is 0.573 e. The first-order valence-electron chi connectivity index (χ1n) is 12.0. The number of halogens is 3. The number of aromatic nitrogens is 3. The number of aryl methyl sites for hydroxylation is 1. The second kappa shape index (κ2) is 11.6. The Morgan fingerprint density at radius 1 is 1.10 bits per heavy atom. The zero-order chi connectivity index (χ0) is 28.2. The van der Waals surface area contributed by atoms with Gasteiger partial charge in [0.1, 0.15) is 12.1 Å². The third-order valence-corrected chi connectivity index (χ3v) is 6.12. The van der Waals surface area contributed by atoms with E-state index in [0.717, 1.165) is 19.2 Å². The lowest BCUT2D eigenvalue weighted by Crippen LogP contribution is -2.44. The quantitative estimate of drug-likeness (QED) is 0.223. The summed E-state index contributed by atoms with van der Waals surface area (Å²) in [5.74, 6) is 5.16. The summed E-state index contributed by atoms with van der Waals surface area (Å²) in [5.41, 5.74) is 2.33. The van der Waals surface area contributed by atoms with Crippen molar-refractivity contribution < 1.29 is 22.7 Å². The van der Waals surface area contributed by atoms with Crippen LogP contribution in [-0.4, -0.2) is 77.6 Å². The Bertz CT molecular complexity index is 1330. The van der Waals surface area contributed by atoms with Crippen LogP contribution in [0.5, 0.6) is 5.75 Å². The smallest absolute Gasteiger partial charge is 0.406 e. The van der Waals surface area contributed by atoms with E-state index in [1.807, 2.05) is 11.9 Å². The minimum absolute atomic E-state index is 0.00776. The molecule has 0 spiro atoms. The van der Waals surface area contributed by atoms with E-state index in [2.05, 4.69) is 29.9 Å². The number of rotatable bonds is 8. The molecule has 4 N–H and O–H groups in total. The Hall–Kier alpha value is -4.30. The van der Waals surface area contributed by atoms with Crippen LogP contribution in [0, 0.1) is 12.3 Å². The first-order chi connectivity index (χ1) is 18.5. The molecule has 1 aliphatic rings. The molecule has 1 saturated heterocycles. The first-order valence-corrected chi connectivity index (χ1v) is 12.0. The maximum absolute atomic E-state index is 13.1. The molecule has 3 heterocycles. The molecular formula is C25H28F3N9O2. The zero-order valence-corrected chi connectivity index (χ0v) is 21.4. The van der Waals surface area contributed by atoms with Gasteiger partial charge in [0.15, 0.2) is 0 Å². The van der Waals surface area contributed by atoms with Gasteiger partial charge in [-0.05, 0) is 26.1 Å². The highest BCUT2D eigenvalue weighted by Gasteiger charge is 2.32. The van der Waals surface area contributed by atoms with Gasteiger partial charge in [-0.3, -0.25) is 9.78 Å². The molecule has 39 heavy (non-hydrogen) atoms. The molecule has 11 nitrogen and oxygen atoms in total. The second-order valence-electron chi connectivity index (χ2n) is 9.07. The number of piperazine rings is 1. The van der Waals surface area contributed by atoms with Crippen molar-refractivity contribution in [2.24, 2.45) is 5.84 Å². The van der Waals surface area contributed by atoms with Gasteiger partial charge < -0.3 is 30.3 Å². The number of hydrogen-bond acceptors (Lipinski definition) is 10. The van der Waals surface area contributed by atoms with Crippen LogP contribution >= 0.6 is 0 Å². The number of ether oxygens (including phenoxy) is 1. The fourth-order valence-electron chi connectivity index (χ4n) is 4.04. The maximum atomic E-state index is 13.1. The van der Waals surface area contributed by atoms with Crippen LogP contribution in [-0.2, 0) is 0 Å². The van der Waals surface area contributed by atoms with E-state index in [0.29, 0.717) is 35.7 Å². The Balaban J connectivity index is 1.54. The number of likely N-dealkylation sites (N-methyl/N-ethyl adjacent to an activating group) is 1. The molecule has 14 heteroatoms. The number of anilines is 3. The summed E-state index contributed by atoms with van der Waals surface area (Å²) in [7, 11) is 1.97. The van der Waals surface area contributed by atoms with Gasteiger partial charge >= 0.3 is 6.36 Å². The van der Waals surface area contributed by atoms with Gasteiger partial charge in [0.2, 0.25) is 0 Å². The number of alkyl halides is 3. The van der Waals surface area contributed by atoms with E-state index in [1.165, 1.54) is 42.1 Å². The molecular weight excluding hydrogens is 515 g/mol. The van der Waals surface area contributed by atoms with Gasteiger partial charge in [0.25, 0.3) is 5.91 Å². The summed E-state index contributed by atoms with van der Waals surface area (Å²) in [6.07, 6.45) is 0.792. The van der Waals surface area contributed by atoms with Crippen molar-refractivity contribution in [1.29, 1.82) is 5.41 Å². The standard InChI is InChI=1S/C25H28F3N9O2/c1-16-23(37(30)14-22(29)18-11-31-15-32-12-18)7-17(13-33-16)24(38)34-19-8-20(36-5-3-35(2)4-6-36)10-21(9-19)39-25(26,27)28/h7-13,15,29H,3-6,14,30H2,1-2H3,(H,34,38). The highest BCUT2D eigenvalue weighted by Crippen LogP contribution is 2.32. The van der Waals surface area contributed by atoms with Crippen molar-refractivity contribution in [3.8, 4) is 5.75 Å². The van der Waals surface area contributed by atoms with E-state index in [4.69, 9.17) is 11.3 Å². The number of hydrogen-bond donors (Lipinski definition) is 3. The minimum Gasteiger partial charge on any atom is -0.406 e. The van der Waals surface area contributed by atoms with Crippen LogP contribution in [0.25, 0.3) is 0 Å². The van der Waals surface area contributed by atoms with Crippen molar-refractivity contribution in [3.05, 3.63) is 66.0 Å². The minimum atomic E-state index is -4.89. The van der Waals surface area contributed by atoms with Crippen LogP contribution in [0.4, 0.5) is 30.2 Å². The number of hydrazine groups is 1. The molecule has 206 valence electrons. The lowest BCUT2D eigenvalue weighted by atomic mass is 10.1. The topological polar surface area (TPSA) is 137 Å². The van der Waals surface area contributed by atoms with Gasteiger partial charge in [0, 0.05) is 73.8 Å². The molecule has 2 aromatic heterocycles. The largest absolute Gasteiger partial charge is 0.573 e. The van der Waals surface area contributed by atoms with Crippen molar-refractivity contribution in [2.45, 2.75) is 13.3 Å². The number of amides is 1. The molecule has 1 amide bonds.